The fraction of sp³-hybridized carbons (Fsp3) is 0.211. The molecule has 0 aliphatic carbocycles. The first kappa shape index (κ1) is 20.8. The van der Waals surface area contributed by atoms with Crippen molar-refractivity contribution in [3.63, 3.8) is 0 Å². The number of carbonyl (C=O) groups excluding carboxylic acids is 2. The molecule has 0 fully saturated rings. The molecule has 0 unspecified atom stereocenters. The first-order valence-electron chi connectivity index (χ1n) is 8.14. The Morgan fingerprint density at radius 3 is 2.14 bits per heavy atom. The number of amides is 2. The van der Waals surface area contributed by atoms with Gasteiger partial charge in [-0.2, -0.15) is 18.4 Å². The summed E-state index contributed by atoms with van der Waals surface area (Å²) < 4.78 is 42.7. The van der Waals surface area contributed by atoms with Gasteiger partial charge in [0, 0.05) is 18.7 Å². The molecular formula is C19H16F3N3O3. The molecule has 2 aromatic rings. The maximum atomic E-state index is 12.5. The SMILES string of the molecule is N#Cc1ccc(OCC(=O)NCCNC(=O)c2ccc(C(F)(F)F)cc2)cc1. The van der Waals surface area contributed by atoms with E-state index in [4.69, 9.17) is 10.00 Å². The molecule has 0 aliphatic heterocycles. The molecule has 2 N–H and O–H groups in total. The monoisotopic (exact) mass is 391 g/mol. The Labute approximate surface area is 158 Å². The molecule has 0 atom stereocenters. The summed E-state index contributed by atoms with van der Waals surface area (Å²) in [6.45, 7) is -0.0108. The molecule has 0 radical (unpaired) electrons. The predicted octanol–water partition coefficient (Wildman–Crippen LogP) is 2.50. The minimum Gasteiger partial charge on any atom is -0.484 e. The first-order valence-corrected chi connectivity index (χ1v) is 8.14. The van der Waals surface area contributed by atoms with E-state index in [9.17, 15) is 22.8 Å². The summed E-state index contributed by atoms with van der Waals surface area (Å²) >= 11 is 0. The third kappa shape index (κ3) is 6.32. The van der Waals surface area contributed by atoms with Crippen molar-refractivity contribution < 1.29 is 27.5 Å². The zero-order valence-electron chi connectivity index (χ0n) is 14.5. The van der Waals surface area contributed by atoms with Gasteiger partial charge in [0.05, 0.1) is 17.2 Å². The van der Waals surface area contributed by atoms with Gasteiger partial charge in [-0.25, -0.2) is 0 Å². The second kappa shape index (κ2) is 9.41. The van der Waals surface area contributed by atoms with Crippen LogP contribution in [0.4, 0.5) is 13.2 Å². The fourth-order valence-electron chi connectivity index (χ4n) is 2.12. The van der Waals surface area contributed by atoms with Crippen molar-refractivity contribution >= 4 is 11.8 Å². The maximum absolute atomic E-state index is 12.5. The Hall–Kier alpha value is -3.54. The molecule has 0 heterocycles. The lowest BCUT2D eigenvalue weighted by molar-refractivity contribution is -0.137. The van der Waals surface area contributed by atoms with Crippen LogP contribution in [0.15, 0.2) is 48.5 Å². The Morgan fingerprint density at radius 2 is 1.57 bits per heavy atom. The van der Waals surface area contributed by atoms with E-state index in [-0.39, 0.29) is 25.3 Å². The van der Waals surface area contributed by atoms with E-state index in [0.29, 0.717) is 11.3 Å². The van der Waals surface area contributed by atoms with Gasteiger partial charge in [0.1, 0.15) is 5.75 Å². The van der Waals surface area contributed by atoms with Gasteiger partial charge in [-0.1, -0.05) is 0 Å². The number of halogens is 3. The lowest BCUT2D eigenvalue weighted by Gasteiger charge is -2.09. The third-order valence-corrected chi connectivity index (χ3v) is 3.56. The third-order valence-electron chi connectivity index (χ3n) is 3.56. The zero-order chi connectivity index (χ0) is 20.6. The van der Waals surface area contributed by atoms with Crippen LogP contribution >= 0.6 is 0 Å². The maximum Gasteiger partial charge on any atom is 0.416 e. The number of ether oxygens (including phenoxy) is 1. The van der Waals surface area contributed by atoms with Crippen LogP contribution < -0.4 is 15.4 Å². The molecule has 0 saturated carbocycles. The fourth-order valence-corrected chi connectivity index (χ4v) is 2.12. The van der Waals surface area contributed by atoms with Gasteiger partial charge in [-0.15, -0.1) is 0 Å². The summed E-state index contributed by atoms with van der Waals surface area (Å²) in [6.07, 6.45) is -4.46. The van der Waals surface area contributed by atoms with Crippen LogP contribution in [-0.2, 0) is 11.0 Å². The number of nitriles is 1. The van der Waals surface area contributed by atoms with E-state index < -0.39 is 23.6 Å². The Bertz CT molecular complexity index is 857. The lowest BCUT2D eigenvalue weighted by Crippen LogP contribution is -2.36. The first-order chi connectivity index (χ1) is 13.3. The average molecular weight is 391 g/mol. The summed E-state index contributed by atoms with van der Waals surface area (Å²) in [4.78, 5) is 23.5. The van der Waals surface area contributed by atoms with Gasteiger partial charge in [0.25, 0.3) is 11.8 Å². The molecule has 0 bridgehead atoms. The number of benzene rings is 2. The smallest absolute Gasteiger partial charge is 0.416 e. The van der Waals surface area contributed by atoms with Gasteiger partial charge in [0.2, 0.25) is 0 Å². The highest BCUT2D eigenvalue weighted by Crippen LogP contribution is 2.29. The standard InChI is InChI=1S/C19H16F3N3O3/c20-19(21,22)15-5-3-14(4-6-15)18(27)25-10-9-24-17(26)12-28-16-7-1-13(11-23)2-8-16/h1-8H,9-10,12H2,(H,24,26)(H,25,27). The van der Waals surface area contributed by atoms with Crippen LogP contribution in [0.5, 0.6) is 5.75 Å². The van der Waals surface area contributed by atoms with Gasteiger partial charge < -0.3 is 15.4 Å². The van der Waals surface area contributed by atoms with Crippen molar-refractivity contribution in [3.05, 3.63) is 65.2 Å². The van der Waals surface area contributed by atoms with Crippen LogP contribution in [0.1, 0.15) is 21.5 Å². The molecule has 2 amide bonds. The van der Waals surface area contributed by atoms with E-state index in [1.54, 1.807) is 24.3 Å². The van der Waals surface area contributed by atoms with Gasteiger partial charge in [-0.05, 0) is 48.5 Å². The Morgan fingerprint density at radius 1 is 0.964 bits per heavy atom. The number of nitrogens with zero attached hydrogens (tertiary/aromatic N) is 1. The molecule has 28 heavy (non-hydrogen) atoms. The molecule has 2 rings (SSSR count). The van der Waals surface area contributed by atoms with Crippen LogP contribution in [0, 0.1) is 11.3 Å². The normalized spacial score (nSPS) is 10.6. The largest absolute Gasteiger partial charge is 0.484 e. The molecule has 0 aliphatic rings. The average Bonchev–Trinajstić information content (AvgIpc) is 2.69. The van der Waals surface area contributed by atoms with E-state index >= 15 is 0 Å². The summed E-state index contributed by atoms with van der Waals surface area (Å²) in [5.41, 5.74) is -0.275. The second-order valence-corrected chi connectivity index (χ2v) is 5.61. The zero-order valence-corrected chi connectivity index (χ0v) is 14.5. The predicted molar refractivity (Wildman–Crippen MR) is 93.4 cm³/mol. The molecule has 6 nitrogen and oxygen atoms in total. The molecule has 146 valence electrons. The van der Waals surface area contributed by atoms with Crippen molar-refractivity contribution in [1.82, 2.24) is 10.6 Å². The number of carbonyl (C=O) groups is 2. The summed E-state index contributed by atoms with van der Waals surface area (Å²) in [6, 6.07) is 12.0. The van der Waals surface area contributed by atoms with Crippen LogP contribution in [0.3, 0.4) is 0 Å². The van der Waals surface area contributed by atoms with E-state index in [0.717, 1.165) is 24.3 Å². The second-order valence-electron chi connectivity index (χ2n) is 5.61. The number of rotatable bonds is 7. The van der Waals surface area contributed by atoms with Crippen LogP contribution in [0.25, 0.3) is 0 Å². The van der Waals surface area contributed by atoms with Crippen molar-refractivity contribution in [1.29, 1.82) is 5.26 Å². The molecule has 0 aromatic heterocycles. The minimum absolute atomic E-state index is 0.0866. The topological polar surface area (TPSA) is 91.2 Å². The number of hydrogen-bond donors (Lipinski definition) is 2. The van der Waals surface area contributed by atoms with Crippen molar-refractivity contribution in [2.75, 3.05) is 19.7 Å². The molecular weight excluding hydrogens is 375 g/mol. The van der Waals surface area contributed by atoms with Crippen molar-refractivity contribution in [2.24, 2.45) is 0 Å². The highest BCUT2D eigenvalue weighted by atomic mass is 19.4. The Balaban J connectivity index is 1.68. The van der Waals surface area contributed by atoms with Crippen molar-refractivity contribution in [3.8, 4) is 11.8 Å². The van der Waals surface area contributed by atoms with E-state index in [1.807, 2.05) is 6.07 Å². The Kier molecular flexibility index (Phi) is 6.98. The summed E-state index contributed by atoms with van der Waals surface area (Å²) in [5.74, 6) is -0.519. The minimum atomic E-state index is -4.46. The van der Waals surface area contributed by atoms with Gasteiger partial charge in [0.15, 0.2) is 6.61 Å². The van der Waals surface area contributed by atoms with Crippen LogP contribution in [-0.4, -0.2) is 31.5 Å². The molecule has 0 saturated heterocycles. The number of hydrogen-bond acceptors (Lipinski definition) is 4. The molecule has 9 heteroatoms. The molecule has 0 spiro atoms. The molecule has 2 aromatic carbocycles. The quantitative estimate of drug-likeness (QED) is 0.710. The van der Waals surface area contributed by atoms with E-state index in [2.05, 4.69) is 10.6 Å². The highest BCUT2D eigenvalue weighted by Gasteiger charge is 2.30. The summed E-state index contributed by atoms with van der Waals surface area (Å²) in [5, 5.41) is 13.7. The van der Waals surface area contributed by atoms with Gasteiger partial charge >= 0.3 is 6.18 Å². The van der Waals surface area contributed by atoms with Crippen molar-refractivity contribution in [2.45, 2.75) is 6.18 Å². The van der Waals surface area contributed by atoms with Gasteiger partial charge in [-0.3, -0.25) is 9.59 Å². The van der Waals surface area contributed by atoms with E-state index in [1.165, 1.54) is 0 Å². The number of nitrogens with one attached hydrogen (secondary N) is 2. The number of alkyl halides is 3. The highest BCUT2D eigenvalue weighted by molar-refractivity contribution is 5.94. The summed E-state index contributed by atoms with van der Waals surface area (Å²) in [7, 11) is 0. The lowest BCUT2D eigenvalue weighted by atomic mass is 10.1. The van der Waals surface area contributed by atoms with Crippen LogP contribution in [0.2, 0.25) is 0 Å².